The summed E-state index contributed by atoms with van der Waals surface area (Å²) < 4.78 is 29.4. The fourth-order valence-electron chi connectivity index (χ4n) is 5.96. The number of aliphatic hydroxyl groups excluding tert-OH is 1. The van der Waals surface area contributed by atoms with Gasteiger partial charge in [0.1, 0.15) is 18.5 Å². The molecule has 0 radical (unpaired) electrons. The molecule has 1 unspecified atom stereocenters. The predicted molar refractivity (Wildman–Crippen MR) is 166 cm³/mol. The van der Waals surface area contributed by atoms with Crippen LogP contribution in [-0.2, 0) is 22.3 Å². The van der Waals surface area contributed by atoms with E-state index < -0.39 is 6.10 Å². The van der Waals surface area contributed by atoms with Crippen molar-refractivity contribution >= 4 is 0 Å². The van der Waals surface area contributed by atoms with Crippen molar-refractivity contribution in [2.45, 2.75) is 89.2 Å². The van der Waals surface area contributed by atoms with Gasteiger partial charge in [0, 0.05) is 31.7 Å². The maximum absolute atomic E-state index is 10.0. The molecule has 2 aliphatic rings. The van der Waals surface area contributed by atoms with Gasteiger partial charge in [-0.15, -0.1) is 0 Å². The van der Waals surface area contributed by atoms with Crippen LogP contribution in [-0.4, -0.2) is 94.1 Å². The number of methoxy groups -OCH3 is 2. The molecular weight excluding hydrogens is 532 g/mol. The third-order valence-electron chi connectivity index (χ3n) is 8.36. The van der Waals surface area contributed by atoms with Gasteiger partial charge in [-0.3, -0.25) is 4.90 Å². The number of ether oxygens (including phenoxy) is 5. The molecule has 2 aromatic carbocycles. The molecule has 4 atom stereocenters. The van der Waals surface area contributed by atoms with Crippen molar-refractivity contribution in [2.75, 3.05) is 53.7 Å². The van der Waals surface area contributed by atoms with Gasteiger partial charge in [-0.25, -0.2) is 0 Å². The quantitative estimate of drug-likeness (QED) is 0.278. The summed E-state index contributed by atoms with van der Waals surface area (Å²) in [6.07, 6.45) is 7.71. The lowest BCUT2D eigenvalue weighted by molar-refractivity contribution is -0.0343. The number of hydrogen-bond donors (Lipinski definition) is 2. The molecule has 2 fully saturated rings. The van der Waals surface area contributed by atoms with Gasteiger partial charge in [0.2, 0.25) is 0 Å². The Morgan fingerprint density at radius 1 is 0.881 bits per heavy atom. The van der Waals surface area contributed by atoms with Gasteiger partial charge < -0.3 is 34.1 Å². The number of nitrogens with zero attached hydrogens (tertiary/aromatic N) is 1. The van der Waals surface area contributed by atoms with Crippen LogP contribution in [0.2, 0.25) is 0 Å². The lowest BCUT2D eigenvalue weighted by Gasteiger charge is -2.38. The highest BCUT2D eigenvalue weighted by Gasteiger charge is 2.35. The normalized spacial score (nSPS) is 21.9. The standard InChI is InChI=1S/C34H52N2O6/c1-25(2)35-22-28(37)24-42-29-12-9-26(10-13-29)16-19-40-30-15-18-36(23-30)31-7-5-6-8-32(31)41-20-17-27-11-14-33(38-3)34(21-27)39-4/h9-14,21,25,28,30-32,35,37H,5-8,15-20,22-24H2,1-4H3/t28?,30-,31+,32+/m1/s1. The van der Waals surface area contributed by atoms with Crippen molar-refractivity contribution in [3.63, 3.8) is 0 Å². The zero-order valence-corrected chi connectivity index (χ0v) is 26.1. The largest absolute Gasteiger partial charge is 0.493 e. The molecule has 0 aromatic heterocycles. The third-order valence-corrected chi connectivity index (χ3v) is 8.36. The first-order valence-electron chi connectivity index (χ1n) is 15.8. The van der Waals surface area contributed by atoms with Crippen LogP contribution in [0, 0.1) is 0 Å². The second-order valence-corrected chi connectivity index (χ2v) is 11.9. The molecule has 234 valence electrons. The van der Waals surface area contributed by atoms with E-state index in [-0.39, 0.29) is 18.8 Å². The minimum Gasteiger partial charge on any atom is -0.493 e. The molecule has 1 saturated carbocycles. The van der Waals surface area contributed by atoms with Crippen molar-refractivity contribution in [3.05, 3.63) is 53.6 Å². The Kier molecular flexibility index (Phi) is 13.2. The van der Waals surface area contributed by atoms with Gasteiger partial charge in [-0.05, 0) is 67.5 Å². The fourth-order valence-corrected chi connectivity index (χ4v) is 5.96. The van der Waals surface area contributed by atoms with Crippen molar-refractivity contribution < 1.29 is 28.8 Å². The zero-order valence-electron chi connectivity index (χ0n) is 26.1. The first-order chi connectivity index (χ1) is 20.4. The highest BCUT2D eigenvalue weighted by atomic mass is 16.5. The average Bonchev–Trinajstić information content (AvgIpc) is 3.48. The van der Waals surface area contributed by atoms with Crippen molar-refractivity contribution in [2.24, 2.45) is 0 Å². The molecule has 8 heteroatoms. The van der Waals surface area contributed by atoms with Gasteiger partial charge in [0.05, 0.1) is 39.6 Å². The molecule has 1 saturated heterocycles. The van der Waals surface area contributed by atoms with Gasteiger partial charge in [-0.2, -0.15) is 0 Å². The van der Waals surface area contributed by atoms with Gasteiger partial charge in [0.25, 0.3) is 0 Å². The minimum atomic E-state index is -0.522. The van der Waals surface area contributed by atoms with E-state index in [1.807, 2.05) is 24.3 Å². The molecule has 2 N–H and O–H groups in total. The van der Waals surface area contributed by atoms with Crippen molar-refractivity contribution in [1.82, 2.24) is 10.2 Å². The summed E-state index contributed by atoms with van der Waals surface area (Å²) in [5.74, 6) is 2.30. The summed E-state index contributed by atoms with van der Waals surface area (Å²) in [6.45, 7) is 8.43. The summed E-state index contributed by atoms with van der Waals surface area (Å²) in [5, 5.41) is 13.3. The third kappa shape index (κ3) is 10.1. The molecule has 1 aliphatic carbocycles. The van der Waals surface area contributed by atoms with Crippen molar-refractivity contribution in [3.8, 4) is 17.2 Å². The predicted octanol–water partition coefficient (Wildman–Crippen LogP) is 4.65. The zero-order chi connectivity index (χ0) is 29.7. The summed E-state index contributed by atoms with van der Waals surface area (Å²) in [7, 11) is 3.34. The Hall–Kier alpha value is -2.36. The van der Waals surface area contributed by atoms with Gasteiger partial charge in [-0.1, -0.05) is 44.9 Å². The fraction of sp³-hybridized carbons (Fsp3) is 0.647. The van der Waals surface area contributed by atoms with E-state index in [1.165, 1.54) is 30.4 Å². The van der Waals surface area contributed by atoms with E-state index in [4.69, 9.17) is 23.7 Å². The van der Waals surface area contributed by atoms with E-state index in [0.29, 0.717) is 31.8 Å². The van der Waals surface area contributed by atoms with Crippen LogP contribution in [0.4, 0.5) is 0 Å². The molecule has 0 bridgehead atoms. The first kappa shape index (κ1) is 32.6. The SMILES string of the molecule is COc1ccc(CCO[C@H]2CCCC[C@@H]2N2CC[C@@H](OCCc3ccc(OCC(O)CNC(C)C)cc3)C2)cc1OC. The van der Waals surface area contributed by atoms with Crippen LogP contribution in [0.3, 0.4) is 0 Å². The summed E-state index contributed by atoms with van der Waals surface area (Å²) in [6, 6.07) is 15.1. The van der Waals surface area contributed by atoms with Crippen LogP contribution in [0.1, 0.15) is 57.1 Å². The summed E-state index contributed by atoms with van der Waals surface area (Å²) in [5.41, 5.74) is 2.43. The Bertz CT molecular complexity index is 1050. The van der Waals surface area contributed by atoms with Crippen LogP contribution in [0.25, 0.3) is 0 Å². The second kappa shape index (κ2) is 17.1. The smallest absolute Gasteiger partial charge is 0.160 e. The van der Waals surface area contributed by atoms with Gasteiger partial charge >= 0.3 is 0 Å². The van der Waals surface area contributed by atoms with E-state index in [1.54, 1.807) is 14.2 Å². The minimum absolute atomic E-state index is 0.280. The summed E-state index contributed by atoms with van der Waals surface area (Å²) in [4.78, 5) is 2.61. The topological polar surface area (TPSA) is 81.7 Å². The molecule has 8 nitrogen and oxygen atoms in total. The molecule has 2 aromatic rings. The lowest BCUT2D eigenvalue weighted by Crippen LogP contribution is -2.46. The molecule has 4 rings (SSSR count). The second-order valence-electron chi connectivity index (χ2n) is 11.9. The van der Waals surface area contributed by atoms with Crippen LogP contribution in [0.15, 0.2) is 42.5 Å². The van der Waals surface area contributed by atoms with E-state index in [0.717, 1.165) is 56.0 Å². The van der Waals surface area contributed by atoms with E-state index in [2.05, 4.69) is 42.3 Å². The number of likely N-dealkylation sites (tertiary alicyclic amines) is 1. The number of aliphatic hydroxyl groups is 1. The number of rotatable bonds is 17. The Labute approximate surface area is 252 Å². The monoisotopic (exact) mass is 584 g/mol. The van der Waals surface area contributed by atoms with E-state index >= 15 is 0 Å². The number of hydrogen-bond acceptors (Lipinski definition) is 8. The molecule has 0 spiro atoms. The van der Waals surface area contributed by atoms with Crippen LogP contribution in [0.5, 0.6) is 17.2 Å². The maximum atomic E-state index is 10.0. The number of nitrogens with one attached hydrogen (secondary N) is 1. The lowest BCUT2D eigenvalue weighted by atomic mass is 9.91. The highest BCUT2D eigenvalue weighted by Crippen LogP contribution is 2.30. The van der Waals surface area contributed by atoms with Gasteiger partial charge in [0.15, 0.2) is 11.5 Å². The molecular formula is C34H52N2O6. The van der Waals surface area contributed by atoms with Crippen LogP contribution < -0.4 is 19.5 Å². The molecule has 42 heavy (non-hydrogen) atoms. The Morgan fingerprint density at radius 2 is 1.60 bits per heavy atom. The molecule has 0 amide bonds. The molecule has 1 heterocycles. The first-order valence-corrected chi connectivity index (χ1v) is 15.8. The number of benzene rings is 2. The maximum Gasteiger partial charge on any atom is 0.160 e. The highest BCUT2D eigenvalue weighted by molar-refractivity contribution is 5.42. The Morgan fingerprint density at radius 3 is 2.36 bits per heavy atom. The molecule has 1 aliphatic heterocycles. The van der Waals surface area contributed by atoms with E-state index in [9.17, 15) is 5.11 Å². The van der Waals surface area contributed by atoms with Crippen molar-refractivity contribution in [1.29, 1.82) is 0 Å². The van der Waals surface area contributed by atoms with Crippen LogP contribution >= 0.6 is 0 Å². The average molecular weight is 585 g/mol. The summed E-state index contributed by atoms with van der Waals surface area (Å²) >= 11 is 0. The Balaban J connectivity index is 1.15.